The van der Waals surface area contributed by atoms with E-state index in [1.807, 2.05) is 11.8 Å². The van der Waals surface area contributed by atoms with Crippen molar-refractivity contribution in [3.8, 4) is 0 Å². The van der Waals surface area contributed by atoms with Gasteiger partial charge in [0.05, 0.1) is 0 Å². The van der Waals surface area contributed by atoms with Crippen molar-refractivity contribution in [2.45, 2.75) is 13.8 Å². The smallest absolute Gasteiger partial charge is 0.0170 e. The Labute approximate surface area is 72.1 Å². The Morgan fingerprint density at radius 1 is 1.36 bits per heavy atom. The predicted molar refractivity (Wildman–Crippen MR) is 51.5 cm³/mol. The summed E-state index contributed by atoms with van der Waals surface area (Å²) < 4.78 is 0. The molecule has 2 rings (SSSR count). The average Bonchev–Trinajstić information content (AvgIpc) is 2.40. The second kappa shape index (κ2) is 2.56. The van der Waals surface area contributed by atoms with Gasteiger partial charge in [-0.1, -0.05) is 26.0 Å². The van der Waals surface area contributed by atoms with Crippen molar-refractivity contribution in [3.63, 3.8) is 0 Å². The monoisotopic (exact) mass is 164 g/mol. The molecule has 11 heavy (non-hydrogen) atoms. The van der Waals surface area contributed by atoms with Gasteiger partial charge in [-0.25, -0.2) is 0 Å². The van der Waals surface area contributed by atoms with Crippen LogP contribution in [0.2, 0.25) is 0 Å². The van der Waals surface area contributed by atoms with Crippen LogP contribution in [0.15, 0.2) is 34.3 Å². The second-order valence-corrected chi connectivity index (χ2v) is 4.34. The Hall–Kier alpha value is -0.430. The number of thioether (sulfide) groups is 1. The SMILES string of the molecule is CC(C)C1=CC2=CCSC2=C1. The van der Waals surface area contributed by atoms with Crippen molar-refractivity contribution >= 4 is 11.8 Å². The van der Waals surface area contributed by atoms with Crippen LogP contribution < -0.4 is 0 Å². The highest BCUT2D eigenvalue weighted by Gasteiger charge is 2.17. The lowest BCUT2D eigenvalue weighted by molar-refractivity contribution is 0.794. The molecule has 1 aliphatic carbocycles. The van der Waals surface area contributed by atoms with E-state index in [4.69, 9.17) is 0 Å². The summed E-state index contributed by atoms with van der Waals surface area (Å²) in [6.07, 6.45) is 6.96. The second-order valence-electron chi connectivity index (χ2n) is 3.28. The summed E-state index contributed by atoms with van der Waals surface area (Å²) in [4.78, 5) is 1.48. The van der Waals surface area contributed by atoms with Gasteiger partial charge >= 0.3 is 0 Å². The first kappa shape index (κ1) is 7.23. The molecular formula is C10H12S. The predicted octanol–water partition coefficient (Wildman–Crippen LogP) is 3.14. The van der Waals surface area contributed by atoms with E-state index in [0.29, 0.717) is 5.92 Å². The van der Waals surface area contributed by atoms with Crippen molar-refractivity contribution in [2.24, 2.45) is 5.92 Å². The minimum Gasteiger partial charge on any atom is -0.121 e. The van der Waals surface area contributed by atoms with Crippen molar-refractivity contribution in [2.75, 3.05) is 5.75 Å². The summed E-state index contributed by atoms with van der Waals surface area (Å²) >= 11 is 1.95. The molecule has 0 fully saturated rings. The molecule has 1 heteroatoms. The zero-order valence-corrected chi connectivity index (χ0v) is 7.74. The van der Waals surface area contributed by atoms with Gasteiger partial charge in [-0.2, -0.15) is 0 Å². The van der Waals surface area contributed by atoms with Crippen LogP contribution in [0.3, 0.4) is 0 Å². The molecule has 0 aromatic carbocycles. The molecular weight excluding hydrogens is 152 g/mol. The maximum Gasteiger partial charge on any atom is 0.0170 e. The number of fused-ring (bicyclic) bond motifs is 1. The summed E-state index contributed by atoms with van der Waals surface area (Å²) in [6.45, 7) is 4.49. The van der Waals surface area contributed by atoms with Crippen LogP contribution in [0.5, 0.6) is 0 Å². The molecule has 0 saturated carbocycles. The standard InChI is InChI=1S/C10H12S/c1-7(2)9-5-8-3-4-11-10(8)6-9/h3,5-7H,4H2,1-2H3. The third-order valence-corrected chi connectivity index (χ3v) is 3.11. The minimum atomic E-state index is 0.676. The first-order valence-corrected chi connectivity index (χ1v) is 5.02. The van der Waals surface area contributed by atoms with E-state index < -0.39 is 0 Å². The molecule has 0 amide bonds. The molecule has 0 bridgehead atoms. The van der Waals surface area contributed by atoms with Gasteiger partial charge in [0.1, 0.15) is 0 Å². The Kier molecular flexibility index (Phi) is 1.68. The molecule has 0 nitrogen and oxygen atoms in total. The van der Waals surface area contributed by atoms with E-state index in [1.54, 1.807) is 0 Å². The number of allylic oxidation sites excluding steroid dienone is 4. The molecule has 0 unspecified atom stereocenters. The van der Waals surface area contributed by atoms with Crippen LogP contribution in [0.4, 0.5) is 0 Å². The van der Waals surface area contributed by atoms with Crippen LogP contribution in [-0.2, 0) is 0 Å². The minimum absolute atomic E-state index is 0.676. The topological polar surface area (TPSA) is 0 Å². The maximum atomic E-state index is 2.33. The zero-order valence-electron chi connectivity index (χ0n) is 6.92. The molecule has 0 spiro atoms. The van der Waals surface area contributed by atoms with Gasteiger partial charge < -0.3 is 0 Å². The van der Waals surface area contributed by atoms with E-state index in [9.17, 15) is 0 Å². The van der Waals surface area contributed by atoms with Gasteiger partial charge in [-0.05, 0) is 23.1 Å². The Morgan fingerprint density at radius 3 is 2.82 bits per heavy atom. The highest BCUT2D eigenvalue weighted by molar-refractivity contribution is 8.03. The lowest BCUT2D eigenvalue weighted by Crippen LogP contribution is -1.86. The molecule has 0 radical (unpaired) electrons. The van der Waals surface area contributed by atoms with E-state index in [2.05, 4.69) is 32.1 Å². The number of rotatable bonds is 1. The van der Waals surface area contributed by atoms with Gasteiger partial charge in [0.2, 0.25) is 0 Å². The largest absolute Gasteiger partial charge is 0.121 e. The lowest BCUT2D eigenvalue weighted by atomic mass is 10.1. The molecule has 0 saturated heterocycles. The van der Waals surface area contributed by atoms with Crippen LogP contribution in [0, 0.1) is 5.92 Å². The Bertz CT molecular complexity index is 267. The first-order chi connectivity index (χ1) is 5.27. The van der Waals surface area contributed by atoms with E-state index in [1.165, 1.54) is 21.8 Å². The van der Waals surface area contributed by atoms with Crippen LogP contribution in [-0.4, -0.2) is 5.75 Å². The summed E-state index contributed by atoms with van der Waals surface area (Å²) in [5, 5.41) is 0. The number of hydrogen-bond donors (Lipinski definition) is 0. The normalized spacial score (nSPS) is 21.5. The molecule has 58 valence electrons. The summed E-state index contributed by atoms with van der Waals surface area (Å²) in [7, 11) is 0. The van der Waals surface area contributed by atoms with Gasteiger partial charge in [-0.3, -0.25) is 0 Å². The fraction of sp³-hybridized carbons (Fsp3) is 0.400. The fourth-order valence-corrected chi connectivity index (χ4v) is 2.34. The van der Waals surface area contributed by atoms with Gasteiger partial charge in [-0.15, -0.1) is 11.8 Å². The van der Waals surface area contributed by atoms with E-state index >= 15 is 0 Å². The van der Waals surface area contributed by atoms with Crippen molar-refractivity contribution in [1.82, 2.24) is 0 Å². The zero-order chi connectivity index (χ0) is 7.84. The maximum absolute atomic E-state index is 2.33. The third kappa shape index (κ3) is 1.18. The number of hydrogen-bond acceptors (Lipinski definition) is 1. The highest BCUT2D eigenvalue weighted by Crippen LogP contribution is 2.39. The molecule has 0 aromatic heterocycles. The summed E-state index contributed by atoms with van der Waals surface area (Å²) in [6, 6.07) is 0. The highest BCUT2D eigenvalue weighted by atomic mass is 32.2. The van der Waals surface area contributed by atoms with Gasteiger partial charge in [0.15, 0.2) is 0 Å². The first-order valence-electron chi connectivity index (χ1n) is 4.04. The van der Waals surface area contributed by atoms with Crippen molar-refractivity contribution in [1.29, 1.82) is 0 Å². The van der Waals surface area contributed by atoms with Crippen LogP contribution >= 0.6 is 11.8 Å². The average molecular weight is 164 g/mol. The Balaban J connectivity index is 2.31. The molecule has 0 N–H and O–H groups in total. The molecule has 2 aliphatic rings. The Morgan fingerprint density at radius 2 is 2.18 bits per heavy atom. The summed E-state index contributed by atoms with van der Waals surface area (Å²) in [5.41, 5.74) is 2.94. The van der Waals surface area contributed by atoms with Crippen molar-refractivity contribution in [3.05, 3.63) is 34.3 Å². The van der Waals surface area contributed by atoms with E-state index in [-0.39, 0.29) is 0 Å². The molecule has 1 heterocycles. The van der Waals surface area contributed by atoms with Crippen molar-refractivity contribution < 1.29 is 0 Å². The van der Waals surface area contributed by atoms with Crippen LogP contribution in [0.1, 0.15) is 13.8 Å². The quantitative estimate of drug-likeness (QED) is 0.573. The molecule has 0 atom stereocenters. The van der Waals surface area contributed by atoms with Crippen LogP contribution in [0.25, 0.3) is 0 Å². The molecule has 1 aliphatic heterocycles. The van der Waals surface area contributed by atoms with Gasteiger partial charge in [0.25, 0.3) is 0 Å². The molecule has 0 aromatic rings. The van der Waals surface area contributed by atoms with Gasteiger partial charge in [0, 0.05) is 10.7 Å². The summed E-state index contributed by atoms with van der Waals surface area (Å²) in [5.74, 6) is 1.85. The lowest BCUT2D eigenvalue weighted by Gasteiger charge is -2.00. The third-order valence-electron chi connectivity index (χ3n) is 2.11. The van der Waals surface area contributed by atoms with E-state index in [0.717, 1.165) is 0 Å². The fourth-order valence-electron chi connectivity index (χ4n) is 1.37.